The molecular weight excluding hydrogens is 220 g/mol. The molecule has 1 aromatic rings. The summed E-state index contributed by atoms with van der Waals surface area (Å²) in [5.41, 5.74) is 5.56. The molecule has 0 spiro atoms. The quantitative estimate of drug-likeness (QED) is 0.807. The van der Waals surface area contributed by atoms with Crippen LogP contribution < -0.4 is 15.2 Å². The first-order valence-corrected chi connectivity index (χ1v) is 5.94. The molecule has 6 nitrogen and oxygen atoms in total. The summed E-state index contributed by atoms with van der Waals surface area (Å²) in [6, 6.07) is 0.461. The second kappa shape index (κ2) is 5.16. The van der Waals surface area contributed by atoms with Crippen molar-refractivity contribution in [2.24, 2.45) is 5.92 Å². The van der Waals surface area contributed by atoms with Crippen LogP contribution in [0.5, 0.6) is 12.0 Å². The zero-order valence-corrected chi connectivity index (χ0v) is 10.2. The van der Waals surface area contributed by atoms with Gasteiger partial charge in [-0.15, -0.1) is 4.98 Å². The molecule has 1 fully saturated rings. The molecule has 1 aliphatic carbocycles. The second-order valence-electron chi connectivity index (χ2n) is 4.51. The lowest BCUT2D eigenvalue weighted by Gasteiger charge is -2.09. The highest BCUT2D eigenvalue weighted by Crippen LogP contribution is 2.32. The number of anilines is 1. The average Bonchev–Trinajstić information content (AvgIpc) is 2.99. The average molecular weight is 238 g/mol. The highest BCUT2D eigenvalue weighted by molar-refractivity contribution is 5.20. The van der Waals surface area contributed by atoms with Crippen LogP contribution in [0.3, 0.4) is 0 Å². The molecule has 1 aromatic heterocycles. The number of nitrogens with zero attached hydrogens (tertiary/aromatic N) is 3. The van der Waals surface area contributed by atoms with Crippen molar-refractivity contribution in [3.8, 4) is 12.0 Å². The predicted octanol–water partition coefficient (Wildman–Crippen LogP) is 1.42. The van der Waals surface area contributed by atoms with Crippen molar-refractivity contribution >= 4 is 5.95 Å². The molecule has 0 aliphatic heterocycles. The Balaban J connectivity index is 1.92. The number of aromatic nitrogens is 3. The lowest BCUT2D eigenvalue weighted by molar-refractivity contribution is 0.212. The van der Waals surface area contributed by atoms with Gasteiger partial charge in [0.2, 0.25) is 5.95 Å². The molecule has 0 atom stereocenters. The summed E-state index contributed by atoms with van der Waals surface area (Å²) < 4.78 is 10.8. The van der Waals surface area contributed by atoms with Crippen LogP contribution in [0.1, 0.15) is 33.1 Å². The Kier molecular flexibility index (Phi) is 3.61. The Hall–Kier alpha value is -1.59. The Labute approximate surface area is 101 Å². The Morgan fingerprint density at radius 1 is 1.24 bits per heavy atom. The standard InChI is InChI=1S/C11H18N4O2/c1-7(2)17-11-14-9(12)13-10(15-11)16-6-5-8-3-4-8/h7-8H,3-6H2,1-2H3,(H2,12,13,14,15). The van der Waals surface area contributed by atoms with Gasteiger partial charge in [0, 0.05) is 0 Å². The first kappa shape index (κ1) is 11.9. The van der Waals surface area contributed by atoms with Crippen molar-refractivity contribution in [1.82, 2.24) is 15.0 Å². The first-order chi connectivity index (χ1) is 8.13. The largest absolute Gasteiger partial charge is 0.463 e. The maximum absolute atomic E-state index is 5.56. The van der Waals surface area contributed by atoms with Gasteiger partial charge in [-0.3, -0.25) is 0 Å². The van der Waals surface area contributed by atoms with Gasteiger partial charge in [-0.25, -0.2) is 0 Å². The van der Waals surface area contributed by atoms with E-state index in [0.717, 1.165) is 12.3 Å². The van der Waals surface area contributed by atoms with Gasteiger partial charge in [-0.05, 0) is 26.2 Å². The molecule has 2 N–H and O–H groups in total. The van der Waals surface area contributed by atoms with Crippen molar-refractivity contribution in [2.75, 3.05) is 12.3 Å². The fourth-order valence-corrected chi connectivity index (χ4v) is 1.40. The molecule has 0 radical (unpaired) electrons. The van der Waals surface area contributed by atoms with Gasteiger partial charge >= 0.3 is 12.0 Å². The summed E-state index contributed by atoms with van der Waals surface area (Å²) in [4.78, 5) is 11.8. The molecular formula is C11H18N4O2. The van der Waals surface area contributed by atoms with E-state index in [1.165, 1.54) is 12.8 Å². The third-order valence-electron chi connectivity index (χ3n) is 2.41. The van der Waals surface area contributed by atoms with Crippen molar-refractivity contribution in [3.05, 3.63) is 0 Å². The van der Waals surface area contributed by atoms with Crippen LogP contribution in [0.4, 0.5) is 5.95 Å². The predicted molar refractivity (Wildman–Crippen MR) is 62.8 cm³/mol. The van der Waals surface area contributed by atoms with Crippen LogP contribution in [0.2, 0.25) is 0 Å². The van der Waals surface area contributed by atoms with E-state index in [0.29, 0.717) is 6.61 Å². The summed E-state index contributed by atoms with van der Waals surface area (Å²) in [5.74, 6) is 0.942. The van der Waals surface area contributed by atoms with Crippen molar-refractivity contribution < 1.29 is 9.47 Å². The molecule has 0 amide bonds. The maximum Gasteiger partial charge on any atom is 0.324 e. The zero-order chi connectivity index (χ0) is 12.3. The van der Waals surface area contributed by atoms with Crippen LogP contribution >= 0.6 is 0 Å². The van der Waals surface area contributed by atoms with Crippen molar-refractivity contribution in [1.29, 1.82) is 0 Å². The van der Waals surface area contributed by atoms with Crippen LogP contribution in [0.25, 0.3) is 0 Å². The topological polar surface area (TPSA) is 83.2 Å². The molecule has 94 valence electrons. The number of nitrogen functional groups attached to an aromatic ring is 1. The zero-order valence-electron chi connectivity index (χ0n) is 10.2. The van der Waals surface area contributed by atoms with E-state index in [4.69, 9.17) is 15.2 Å². The van der Waals surface area contributed by atoms with Gasteiger partial charge in [-0.2, -0.15) is 9.97 Å². The van der Waals surface area contributed by atoms with Gasteiger partial charge in [0.25, 0.3) is 0 Å². The van der Waals surface area contributed by atoms with E-state index in [-0.39, 0.29) is 24.1 Å². The van der Waals surface area contributed by atoms with E-state index >= 15 is 0 Å². The van der Waals surface area contributed by atoms with Crippen molar-refractivity contribution in [2.45, 2.75) is 39.2 Å². The number of rotatable bonds is 6. The lowest BCUT2D eigenvalue weighted by Crippen LogP contribution is -2.12. The molecule has 6 heteroatoms. The fraction of sp³-hybridized carbons (Fsp3) is 0.727. The molecule has 2 rings (SSSR count). The second-order valence-corrected chi connectivity index (χ2v) is 4.51. The minimum Gasteiger partial charge on any atom is -0.463 e. The van der Waals surface area contributed by atoms with Gasteiger partial charge in [0.15, 0.2) is 0 Å². The lowest BCUT2D eigenvalue weighted by atomic mass is 10.3. The van der Waals surface area contributed by atoms with E-state index < -0.39 is 0 Å². The van der Waals surface area contributed by atoms with Gasteiger partial charge in [0.05, 0.1) is 12.7 Å². The minimum atomic E-state index is -0.00360. The fourth-order valence-electron chi connectivity index (χ4n) is 1.40. The normalized spacial score (nSPS) is 15.0. The van der Waals surface area contributed by atoms with Gasteiger partial charge in [-0.1, -0.05) is 12.8 Å². The molecule has 0 saturated heterocycles. The Bertz CT molecular complexity index is 380. The summed E-state index contributed by atoms with van der Waals surface area (Å²) in [6.07, 6.45) is 3.66. The van der Waals surface area contributed by atoms with Crippen LogP contribution in [0.15, 0.2) is 0 Å². The highest BCUT2D eigenvalue weighted by Gasteiger charge is 2.21. The monoisotopic (exact) mass is 238 g/mol. The molecule has 0 bridgehead atoms. The van der Waals surface area contributed by atoms with E-state index in [1.54, 1.807) is 0 Å². The maximum atomic E-state index is 5.56. The van der Waals surface area contributed by atoms with E-state index in [1.807, 2.05) is 13.8 Å². The molecule has 1 aliphatic rings. The smallest absolute Gasteiger partial charge is 0.324 e. The molecule has 0 aromatic carbocycles. The van der Waals surface area contributed by atoms with Crippen LogP contribution in [-0.2, 0) is 0 Å². The first-order valence-electron chi connectivity index (χ1n) is 5.94. The minimum absolute atomic E-state index is 0.00360. The summed E-state index contributed by atoms with van der Waals surface area (Å²) >= 11 is 0. The molecule has 1 heterocycles. The third-order valence-corrected chi connectivity index (χ3v) is 2.41. The summed E-state index contributed by atoms with van der Waals surface area (Å²) in [6.45, 7) is 4.41. The molecule has 0 unspecified atom stereocenters. The summed E-state index contributed by atoms with van der Waals surface area (Å²) in [5, 5.41) is 0. The number of nitrogens with two attached hydrogens (primary N) is 1. The summed E-state index contributed by atoms with van der Waals surface area (Å²) in [7, 11) is 0. The number of hydrogen-bond acceptors (Lipinski definition) is 6. The number of ether oxygens (including phenoxy) is 2. The van der Waals surface area contributed by atoms with Crippen LogP contribution in [-0.4, -0.2) is 27.7 Å². The van der Waals surface area contributed by atoms with E-state index in [2.05, 4.69) is 15.0 Å². The van der Waals surface area contributed by atoms with Gasteiger partial charge < -0.3 is 15.2 Å². The van der Waals surface area contributed by atoms with Crippen molar-refractivity contribution in [3.63, 3.8) is 0 Å². The Morgan fingerprint density at radius 3 is 2.59 bits per heavy atom. The van der Waals surface area contributed by atoms with Gasteiger partial charge in [0.1, 0.15) is 0 Å². The highest BCUT2D eigenvalue weighted by atomic mass is 16.5. The van der Waals surface area contributed by atoms with E-state index in [9.17, 15) is 0 Å². The van der Waals surface area contributed by atoms with Crippen LogP contribution in [0, 0.1) is 5.92 Å². The number of hydrogen-bond donors (Lipinski definition) is 1. The molecule has 1 saturated carbocycles. The molecule has 17 heavy (non-hydrogen) atoms. The Morgan fingerprint density at radius 2 is 1.94 bits per heavy atom. The SMILES string of the molecule is CC(C)Oc1nc(N)nc(OCCC2CC2)n1. The third kappa shape index (κ3) is 4.05.